The summed E-state index contributed by atoms with van der Waals surface area (Å²) in [5.74, 6) is 2.21. The molecule has 1 aliphatic carbocycles. The molecule has 5 heterocycles. The SMILES string of the molecule is CC1(C)c2ccccc2-c2cc3c4ccccc4n(-c4ccc(-c5nc(-c6ccccc6)cc(-c6ccccc6)n5)cc4-c4nc(-c5ccccc5)nc(-c5ccc(-c6cccc(N7c8ccccc8B8c9ccccc9N(c9ccccc9)c9cccc7c98)c6)cc5)n4)c3cc21. The van der Waals surface area contributed by atoms with E-state index in [1.165, 1.54) is 66.8 Å². The van der Waals surface area contributed by atoms with Crippen LogP contribution in [-0.2, 0) is 5.41 Å². The molecule has 0 saturated heterocycles. The van der Waals surface area contributed by atoms with Crippen LogP contribution in [0, 0.1) is 0 Å². The Morgan fingerprint density at radius 1 is 0.278 bits per heavy atom. The first-order chi connectivity index (χ1) is 47.9. The molecule has 8 nitrogen and oxygen atoms in total. The number of benzene rings is 13. The summed E-state index contributed by atoms with van der Waals surface area (Å²) in [6.07, 6.45) is 0. The molecule has 0 N–H and O–H groups in total. The molecule has 0 bridgehead atoms. The first-order valence-electron chi connectivity index (χ1n) is 33.2. The van der Waals surface area contributed by atoms with Crippen molar-refractivity contribution in [3.63, 3.8) is 0 Å². The Bertz CT molecular complexity index is 5760. The number of nitrogens with zero attached hydrogens (tertiary/aromatic N) is 8. The molecule has 0 radical (unpaired) electrons. The van der Waals surface area contributed by atoms with E-state index in [9.17, 15) is 0 Å². The first kappa shape index (κ1) is 56.0. The van der Waals surface area contributed by atoms with Gasteiger partial charge in [0.2, 0.25) is 0 Å². The van der Waals surface area contributed by atoms with Gasteiger partial charge < -0.3 is 14.4 Å². The van der Waals surface area contributed by atoms with E-state index >= 15 is 0 Å². The Morgan fingerprint density at radius 2 is 0.773 bits per heavy atom. The summed E-state index contributed by atoms with van der Waals surface area (Å²) < 4.78 is 2.42. The van der Waals surface area contributed by atoms with Crippen LogP contribution in [0.15, 0.2) is 322 Å². The summed E-state index contributed by atoms with van der Waals surface area (Å²) in [7, 11) is 0. The van der Waals surface area contributed by atoms with Gasteiger partial charge in [0.15, 0.2) is 23.3 Å². The number of fused-ring (bicyclic) bond motifs is 10. The summed E-state index contributed by atoms with van der Waals surface area (Å²) in [4.78, 5) is 32.1. The second-order valence-electron chi connectivity index (χ2n) is 25.9. The van der Waals surface area contributed by atoms with E-state index in [-0.39, 0.29) is 12.1 Å². The number of hydrogen-bond acceptors (Lipinski definition) is 7. The van der Waals surface area contributed by atoms with Crippen LogP contribution in [0.1, 0.15) is 25.0 Å². The minimum Gasteiger partial charge on any atom is -0.311 e. The Hall–Kier alpha value is -12.6. The van der Waals surface area contributed by atoms with Crippen LogP contribution in [0.2, 0.25) is 0 Å². The normalized spacial score (nSPS) is 13.1. The molecule has 0 atom stereocenters. The summed E-state index contributed by atoms with van der Waals surface area (Å²) in [6.45, 7) is 4.75. The molecule has 9 heteroatoms. The lowest BCUT2D eigenvalue weighted by Crippen LogP contribution is -2.61. The van der Waals surface area contributed by atoms with Gasteiger partial charge >= 0.3 is 0 Å². The zero-order valence-corrected chi connectivity index (χ0v) is 53.3. The van der Waals surface area contributed by atoms with Crippen LogP contribution in [0.4, 0.5) is 34.1 Å². The van der Waals surface area contributed by atoms with Gasteiger partial charge in [0.25, 0.3) is 6.71 Å². The van der Waals surface area contributed by atoms with Gasteiger partial charge in [-0.25, -0.2) is 24.9 Å². The fourth-order valence-corrected chi connectivity index (χ4v) is 15.5. The van der Waals surface area contributed by atoms with Gasteiger partial charge in [-0.1, -0.05) is 244 Å². The van der Waals surface area contributed by atoms with Crippen LogP contribution in [-0.4, -0.2) is 36.2 Å². The van der Waals surface area contributed by atoms with Crippen LogP contribution >= 0.6 is 0 Å². The van der Waals surface area contributed by atoms with E-state index in [0.717, 1.165) is 89.4 Å². The summed E-state index contributed by atoms with van der Waals surface area (Å²) in [6, 6.07) is 115. The van der Waals surface area contributed by atoms with Crippen molar-refractivity contribution in [2.45, 2.75) is 19.3 Å². The van der Waals surface area contributed by atoms with Gasteiger partial charge in [0.05, 0.1) is 28.1 Å². The average Bonchev–Trinajstić information content (AvgIpc) is 1.55. The quantitative estimate of drug-likeness (QED) is 0.126. The standard InChI is InChI=1S/C88H59BN8/c1-88(2)70-37-17-15-35-65(70)67-53-68-66-36-16-20-40-76(66)97(82(68)54-71(67)88)77-50-49-62(86-90-74(57-25-7-3-8-26-57)55-75(91-86)58-27-9-4-10-28-58)52-69(77)87-93-84(59-29-11-5-12-30-59)92-85(94-87)60-47-45-56(46-48-60)61-31-23-34-64(51-61)96-79-42-22-19-39-73(79)89-72-38-18-21-41-78(72)95(63-32-13-6-14-33-63)80-43-24-44-81(96)83(80)89/h3-55H,1-2H3. The second kappa shape index (κ2) is 22.3. The minimum atomic E-state index is -0.233. The monoisotopic (exact) mass is 1240 g/mol. The number of aromatic nitrogens is 6. The first-order valence-corrected chi connectivity index (χ1v) is 33.2. The second-order valence-corrected chi connectivity index (χ2v) is 25.9. The third kappa shape index (κ3) is 9.11. The molecular formula is C88H59BN8. The van der Waals surface area contributed by atoms with Gasteiger partial charge in [0.1, 0.15) is 0 Å². The molecule has 3 aromatic heterocycles. The molecule has 13 aromatic carbocycles. The van der Waals surface area contributed by atoms with Gasteiger partial charge in [-0.05, 0) is 141 Å². The van der Waals surface area contributed by atoms with Crippen molar-refractivity contribution in [2.24, 2.45) is 0 Å². The maximum atomic E-state index is 5.60. The number of hydrogen-bond donors (Lipinski definition) is 0. The molecule has 0 spiro atoms. The Morgan fingerprint density at radius 3 is 1.45 bits per heavy atom. The molecule has 0 saturated carbocycles. The van der Waals surface area contributed by atoms with Crippen molar-refractivity contribution in [1.29, 1.82) is 0 Å². The molecule has 19 rings (SSSR count). The third-order valence-electron chi connectivity index (χ3n) is 20.0. The minimum absolute atomic E-state index is 0.0550. The summed E-state index contributed by atoms with van der Waals surface area (Å²) >= 11 is 0. The van der Waals surface area contributed by atoms with E-state index in [4.69, 9.17) is 24.9 Å². The highest BCUT2D eigenvalue weighted by atomic mass is 15.2. The Balaban J connectivity index is 0.771. The van der Waals surface area contributed by atoms with E-state index in [2.05, 4.69) is 319 Å². The molecule has 3 aliphatic rings. The summed E-state index contributed by atoms with van der Waals surface area (Å²) in [5.41, 5.74) is 28.0. The van der Waals surface area contributed by atoms with Gasteiger partial charge in [-0.2, -0.15) is 0 Å². The number of anilines is 6. The average molecular weight is 1240 g/mol. The molecule has 97 heavy (non-hydrogen) atoms. The van der Waals surface area contributed by atoms with E-state index in [1.807, 2.05) is 30.3 Å². The van der Waals surface area contributed by atoms with Crippen LogP contribution in [0.25, 0.3) is 118 Å². The summed E-state index contributed by atoms with van der Waals surface area (Å²) in [5, 5.41) is 2.33. The van der Waals surface area contributed by atoms with Crippen LogP contribution in [0.3, 0.4) is 0 Å². The van der Waals surface area contributed by atoms with Crippen LogP contribution < -0.4 is 26.2 Å². The highest BCUT2D eigenvalue weighted by Crippen LogP contribution is 2.52. The lowest BCUT2D eigenvalue weighted by molar-refractivity contribution is 0.661. The lowest BCUT2D eigenvalue weighted by Gasteiger charge is -2.44. The zero-order chi connectivity index (χ0) is 64.3. The predicted octanol–water partition coefficient (Wildman–Crippen LogP) is 19.8. The van der Waals surface area contributed by atoms with Gasteiger partial charge in [0, 0.05) is 83.7 Å². The van der Waals surface area contributed by atoms with E-state index in [1.54, 1.807) is 0 Å². The molecule has 0 fully saturated rings. The molecule has 16 aromatic rings. The highest BCUT2D eigenvalue weighted by Gasteiger charge is 2.43. The fraction of sp³-hybridized carbons (Fsp3) is 0.0341. The molecule has 2 aliphatic heterocycles. The van der Waals surface area contributed by atoms with Gasteiger partial charge in [-0.15, -0.1) is 0 Å². The third-order valence-corrected chi connectivity index (χ3v) is 20.0. The Kier molecular flexibility index (Phi) is 12.9. The Labute approximate surface area is 562 Å². The molecule has 0 unspecified atom stereocenters. The van der Waals surface area contributed by atoms with E-state index in [0.29, 0.717) is 23.3 Å². The fourth-order valence-electron chi connectivity index (χ4n) is 15.5. The van der Waals surface area contributed by atoms with Crippen molar-refractivity contribution in [3.8, 4) is 96.0 Å². The number of rotatable bonds is 10. The molecule has 454 valence electrons. The topological polar surface area (TPSA) is 75.9 Å². The molecule has 0 amide bonds. The van der Waals surface area contributed by atoms with Crippen LogP contribution in [0.5, 0.6) is 0 Å². The maximum absolute atomic E-state index is 5.60. The van der Waals surface area contributed by atoms with Crippen molar-refractivity contribution in [2.75, 3.05) is 9.80 Å². The van der Waals surface area contributed by atoms with E-state index < -0.39 is 0 Å². The van der Waals surface area contributed by atoms with Crippen molar-refractivity contribution in [3.05, 3.63) is 333 Å². The lowest BCUT2D eigenvalue weighted by atomic mass is 9.33. The van der Waals surface area contributed by atoms with Crippen molar-refractivity contribution < 1.29 is 0 Å². The highest BCUT2D eigenvalue weighted by molar-refractivity contribution is 7.00. The zero-order valence-electron chi connectivity index (χ0n) is 53.3. The molecular weight excluding hydrogens is 1180 g/mol. The predicted molar refractivity (Wildman–Crippen MR) is 399 cm³/mol. The smallest absolute Gasteiger partial charge is 0.252 e. The van der Waals surface area contributed by atoms with Crippen molar-refractivity contribution >= 4 is 79.0 Å². The van der Waals surface area contributed by atoms with Gasteiger partial charge in [-0.3, -0.25) is 0 Å². The number of para-hydroxylation sites is 4. The maximum Gasteiger partial charge on any atom is 0.252 e. The largest absolute Gasteiger partial charge is 0.311 e. The van der Waals surface area contributed by atoms with Crippen molar-refractivity contribution in [1.82, 2.24) is 29.5 Å².